The minimum atomic E-state index is -0.763. The van der Waals surface area contributed by atoms with Gasteiger partial charge in [0.2, 0.25) is 0 Å². The molecule has 2 saturated heterocycles. The number of allylic oxidation sites excluding steroid dienone is 2. The second kappa shape index (κ2) is 5.93. The Morgan fingerprint density at radius 1 is 1.21 bits per heavy atom. The molecule has 0 aliphatic carbocycles. The van der Waals surface area contributed by atoms with E-state index in [4.69, 9.17) is 9.47 Å². The number of rotatable bonds is 1. The molecule has 0 radical (unpaired) electrons. The van der Waals surface area contributed by atoms with Gasteiger partial charge in [0.1, 0.15) is 0 Å². The summed E-state index contributed by atoms with van der Waals surface area (Å²) >= 11 is 0. The van der Waals surface area contributed by atoms with Crippen LogP contribution < -0.4 is 0 Å². The second-order valence-electron chi connectivity index (χ2n) is 8.83. The van der Waals surface area contributed by atoms with Gasteiger partial charge in [-0.15, -0.1) is 0 Å². The Kier molecular flexibility index (Phi) is 4.47. The molecule has 3 aliphatic rings. The summed E-state index contributed by atoms with van der Waals surface area (Å²) in [5, 5.41) is 10.7. The first kappa shape index (κ1) is 18.1. The highest BCUT2D eigenvalue weighted by molar-refractivity contribution is 5.95. The van der Waals surface area contributed by atoms with Crippen LogP contribution in [-0.4, -0.2) is 39.9 Å². The van der Waals surface area contributed by atoms with Crippen molar-refractivity contribution in [3.63, 3.8) is 0 Å². The van der Waals surface area contributed by atoms with E-state index in [1.807, 2.05) is 19.9 Å². The molecular weight excluding hydrogens is 304 g/mol. The number of fused-ring (bicyclic) bond motifs is 3. The highest BCUT2D eigenvalue weighted by Crippen LogP contribution is 2.53. The number of hydrogen-bond donors (Lipinski definition) is 1. The number of ketones is 1. The van der Waals surface area contributed by atoms with Crippen LogP contribution in [0.25, 0.3) is 0 Å². The topological polar surface area (TPSA) is 59.1 Å². The Morgan fingerprint density at radius 2 is 1.92 bits per heavy atom. The van der Waals surface area contributed by atoms with Gasteiger partial charge in [-0.25, -0.2) is 0 Å². The van der Waals surface area contributed by atoms with Gasteiger partial charge in [0.25, 0.3) is 0 Å². The fraction of sp³-hybridized carbons (Fsp3) is 0.850. The molecule has 24 heavy (non-hydrogen) atoms. The molecule has 3 heterocycles. The maximum absolute atomic E-state index is 12.4. The largest absolute Gasteiger partial charge is 0.390 e. The van der Waals surface area contributed by atoms with Crippen molar-refractivity contribution in [3.05, 3.63) is 11.6 Å². The minimum Gasteiger partial charge on any atom is -0.390 e. The Bertz CT molecular complexity index is 554. The van der Waals surface area contributed by atoms with E-state index in [0.29, 0.717) is 5.92 Å². The fourth-order valence-corrected chi connectivity index (χ4v) is 4.37. The lowest BCUT2D eigenvalue weighted by Crippen LogP contribution is -2.46. The van der Waals surface area contributed by atoms with E-state index in [-0.39, 0.29) is 29.5 Å². The average Bonchev–Trinajstić information content (AvgIpc) is 2.96. The van der Waals surface area contributed by atoms with Crippen molar-refractivity contribution >= 4 is 5.78 Å². The summed E-state index contributed by atoms with van der Waals surface area (Å²) in [4.78, 5) is 12.4. The summed E-state index contributed by atoms with van der Waals surface area (Å²) in [7, 11) is 0. The van der Waals surface area contributed by atoms with Gasteiger partial charge in [-0.05, 0) is 57.9 Å². The predicted octanol–water partition coefficient (Wildman–Crippen LogP) is 3.56. The van der Waals surface area contributed by atoms with Gasteiger partial charge in [-0.1, -0.05) is 19.9 Å². The highest BCUT2D eigenvalue weighted by atomic mass is 16.6. The van der Waals surface area contributed by atoms with Crippen molar-refractivity contribution < 1.29 is 19.4 Å². The van der Waals surface area contributed by atoms with Gasteiger partial charge < -0.3 is 14.6 Å². The van der Waals surface area contributed by atoms with Crippen molar-refractivity contribution in [2.24, 2.45) is 5.92 Å². The smallest absolute Gasteiger partial charge is 0.160 e. The standard InChI is InChI=1S/C20H32O4/c1-13(2)20-10-9-18(4,24-20)16(22)11-15(21)14(3)7-6-8-19(5)17(12-20)23-19/h7,13,16-17,22H,6,8-12H2,1-5H3/b14-7-/t16-,17-,18-,19-,20+/m1/s1. The first-order valence-corrected chi connectivity index (χ1v) is 9.36. The van der Waals surface area contributed by atoms with Gasteiger partial charge >= 0.3 is 0 Å². The third-order valence-electron chi connectivity index (χ3n) is 6.71. The molecule has 0 aromatic rings. The summed E-state index contributed by atoms with van der Waals surface area (Å²) in [6.45, 7) is 10.3. The highest BCUT2D eigenvalue weighted by Gasteiger charge is 2.59. The molecule has 2 fully saturated rings. The van der Waals surface area contributed by atoms with Gasteiger partial charge in [-0.2, -0.15) is 0 Å². The average molecular weight is 336 g/mol. The molecule has 136 valence electrons. The number of hydrogen-bond acceptors (Lipinski definition) is 4. The van der Waals surface area contributed by atoms with Crippen molar-refractivity contribution in [2.75, 3.05) is 0 Å². The summed E-state index contributed by atoms with van der Waals surface area (Å²) < 4.78 is 12.6. The molecule has 1 N–H and O–H groups in total. The van der Waals surface area contributed by atoms with E-state index < -0.39 is 11.7 Å². The van der Waals surface area contributed by atoms with Crippen molar-refractivity contribution in [1.29, 1.82) is 0 Å². The zero-order valence-electron chi connectivity index (χ0n) is 15.7. The van der Waals surface area contributed by atoms with Gasteiger partial charge in [0, 0.05) is 12.8 Å². The molecule has 4 nitrogen and oxygen atoms in total. The van der Waals surface area contributed by atoms with E-state index in [2.05, 4.69) is 20.8 Å². The number of epoxide rings is 1. The van der Waals surface area contributed by atoms with E-state index in [1.54, 1.807) is 0 Å². The molecule has 3 aliphatic heterocycles. The second-order valence-corrected chi connectivity index (χ2v) is 8.83. The maximum Gasteiger partial charge on any atom is 0.160 e. The van der Waals surface area contributed by atoms with Gasteiger partial charge in [0.05, 0.1) is 29.0 Å². The number of carbonyl (C=O) groups is 1. The molecule has 0 aromatic heterocycles. The first-order valence-electron chi connectivity index (χ1n) is 9.36. The summed E-state index contributed by atoms with van der Waals surface area (Å²) in [6.07, 6.45) is 5.93. The van der Waals surface area contributed by atoms with Crippen LogP contribution in [0.2, 0.25) is 0 Å². The summed E-state index contributed by atoms with van der Waals surface area (Å²) in [5.74, 6) is 0.368. The molecular formula is C20H32O4. The van der Waals surface area contributed by atoms with Crippen LogP contribution in [0.1, 0.15) is 73.1 Å². The maximum atomic E-state index is 12.4. The fourth-order valence-electron chi connectivity index (χ4n) is 4.37. The van der Waals surface area contributed by atoms with E-state index in [9.17, 15) is 9.90 Å². The Labute approximate surface area is 145 Å². The normalized spacial score (nSPS) is 48.8. The monoisotopic (exact) mass is 336 g/mol. The third-order valence-corrected chi connectivity index (χ3v) is 6.71. The van der Waals surface area contributed by atoms with Crippen molar-refractivity contribution in [2.45, 2.75) is 102 Å². The number of Topliss-reactive ketones (excluding diaryl/α,β-unsaturated/α-hetero) is 1. The molecule has 0 saturated carbocycles. The van der Waals surface area contributed by atoms with Crippen LogP contribution in [0.4, 0.5) is 0 Å². The van der Waals surface area contributed by atoms with Crippen LogP contribution in [0.5, 0.6) is 0 Å². The van der Waals surface area contributed by atoms with Crippen LogP contribution in [-0.2, 0) is 14.3 Å². The first-order chi connectivity index (χ1) is 11.1. The van der Waals surface area contributed by atoms with Crippen LogP contribution in [0.15, 0.2) is 11.6 Å². The number of carbonyl (C=O) groups excluding carboxylic acids is 1. The Morgan fingerprint density at radius 3 is 2.58 bits per heavy atom. The zero-order valence-corrected chi connectivity index (χ0v) is 15.7. The summed E-state index contributed by atoms with van der Waals surface area (Å²) in [5.41, 5.74) is -0.278. The van der Waals surface area contributed by atoms with E-state index >= 15 is 0 Å². The molecule has 0 amide bonds. The molecule has 2 bridgehead atoms. The van der Waals surface area contributed by atoms with Crippen LogP contribution >= 0.6 is 0 Å². The lowest BCUT2D eigenvalue weighted by atomic mass is 9.80. The Balaban J connectivity index is 1.90. The molecule has 5 atom stereocenters. The minimum absolute atomic E-state index is 0.0204. The number of aliphatic hydroxyl groups is 1. The van der Waals surface area contributed by atoms with Gasteiger partial charge in [-0.3, -0.25) is 4.79 Å². The molecule has 0 spiro atoms. The quantitative estimate of drug-likeness (QED) is 0.744. The lowest BCUT2D eigenvalue weighted by molar-refractivity contribution is -0.169. The summed E-state index contributed by atoms with van der Waals surface area (Å²) in [6, 6.07) is 0. The van der Waals surface area contributed by atoms with Crippen molar-refractivity contribution in [3.8, 4) is 0 Å². The number of ether oxygens (including phenoxy) is 2. The molecule has 0 aromatic carbocycles. The van der Waals surface area contributed by atoms with E-state index in [1.165, 1.54) is 0 Å². The Hall–Kier alpha value is -0.710. The number of aliphatic hydroxyl groups excluding tert-OH is 1. The predicted molar refractivity (Wildman–Crippen MR) is 92.8 cm³/mol. The van der Waals surface area contributed by atoms with Crippen molar-refractivity contribution in [1.82, 2.24) is 0 Å². The van der Waals surface area contributed by atoms with Crippen LogP contribution in [0, 0.1) is 5.92 Å². The van der Waals surface area contributed by atoms with Crippen LogP contribution in [0.3, 0.4) is 0 Å². The van der Waals surface area contributed by atoms with Gasteiger partial charge in [0.15, 0.2) is 5.78 Å². The molecule has 0 unspecified atom stereocenters. The third kappa shape index (κ3) is 3.09. The molecule has 3 rings (SSSR count). The van der Waals surface area contributed by atoms with E-state index in [0.717, 1.165) is 37.7 Å². The lowest BCUT2D eigenvalue weighted by Gasteiger charge is -2.38. The molecule has 4 heteroatoms. The SMILES string of the molecule is C/C1=C/CC[C@@]2(C)O[C@@H]2C[C@]2(C(C)C)CC[C@@](C)(O2)[C@H](O)CC1=O. The zero-order chi connectivity index (χ0) is 17.8.